The van der Waals surface area contributed by atoms with Gasteiger partial charge in [0.1, 0.15) is 0 Å². The predicted molar refractivity (Wildman–Crippen MR) is 129 cm³/mol. The van der Waals surface area contributed by atoms with E-state index in [-0.39, 0.29) is 34.3 Å². The second kappa shape index (κ2) is 11.9. The normalized spacial score (nSPS) is 13.7. The average molecular weight is 517 g/mol. The minimum Gasteiger partial charge on any atom is -0.347 e. The summed E-state index contributed by atoms with van der Waals surface area (Å²) in [4.78, 5) is 75.1. The molecule has 1 N–H and O–H groups in total. The molecule has 0 atom stereocenters. The van der Waals surface area contributed by atoms with Crippen LogP contribution in [0.25, 0.3) is 0 Å². The largest absolute Gasteiger partial charge is 0.347 e. The molecule has 1 aliphatic rings. The lowest BCUT2D eigenvalue weighted by molar-refractivity contribution is -0.145. The molecule has 1 saturated heterocycles. The van der Waals surface area contributed by atoms with E-state index in [2.05, 4.69) is 5.32 Å². The van der Waals surface area contributed by atoms with Gasteiger partial charge < -0.3 is 10.2 Å². The Hall–Kier alpha value is -3.36. The molecule has 1 heterocycles. The van der Waals surface area contributed by atoms with Gasteiger partial charge in [0.25, 0.3) is 11.8 Å². The number of benzene rings is 2. The van der Waals surface area contributed by atoms with E-state index in [0.717, 1.165) is 0 Å². The first kappa shape index (κ1) is 26.2. The van der Waals surface area contributed by atoms with Gasteiger partial charge in [-0.05, 0) is 37.1 Å². The van der Waals surface area contributed by atoms with Crippen LogP contribution in [0.5, 0.6) is 0 Å². The second-order valence-electron chi connectivity index (χ2n) is 8.05. The first-order chi connectivity index (χ1) is 16.7. The van der Waals surface area contributed by atoms with Crippen LogP contribution in [-0.2, 0) is 19.2 Å². The van der Waals surface area contributed by atoms with E-state index < -0.39 is 53.8 Å². The number of rotatable bonds is 9. The van der Waals surface area contributed by atoms with Crippen LogP contribution in [-0.4, -0.2) is 59.0 Å². The molecule has 35 heavy (non-hydrogen) atoms. The first-order valence-corrected chi connectivity index (χ1v) is 11.6. The highest BCUT2D eigenvalue weighted by Gasteiger charge is 2.30. The van der Waals surface area contributed by atoms with Gasteiger partial charge >= 0.3 is 0 Å². The van der Waals surface area contributed by atoms with Crippen molar-refractivity contribution in [3.8, 4) is 0 Å². The number of hydrogen-bond acceptors (Lipinski definition) is 6. The van der Waals surface area contributed by atoms with Crippen LogP contribution in [0.2, 0.25) is 10.0 Å². The average Bonchev–Trinajstić information content (AvgIpc) is 2.84. The lowest BCUT2D eigenvalue weighted by Crippen LogP contribution is -2.49. The summed E-state index contributed by atoms with van der Waals surface area (Å²) in [5, 5.41) is 2.98. The molecule has 0 radical (unpaired) electrons. The zero-order valence-electron chi connectivity index (χ0n) is 18.6. The highest BCUT2D eigenvalue weighted by atomic mass is 35.5. The highest BCUT2D eigenvalue weighted by Crippen LogP contribution is 2.19. The monoisotopic (exact) mass is 516 g/mol. The van der Waals surface area contributed by atoms with Gasteiger partial charge in [-0.1, -0.05) is 47.5 Å². The molecule has 10 heteroatoms. The molecular formula is C25H22Cl2N2O6. The van der Waals surface area contributed by atoms with Crippen molar-refractivity contribution >= 4 is 58.1 Å². The number of nitrogens with zero attached hydrogens (tertiary/aromatic N) is 1. The molecule has 0 unspecified atom stereocenters. The standard InChI is InChI=1S/C25H22Cl2N2O6/c26-18-7-3-1-5-16(18)20(30)13-22(32)24(34)28-15-9-11-29(12-10-15)25(35)23(33)14-21(31)17-6-2-4-8-19(17)27/h1-8,15H,9-14H2,(H,28,34). The maximum absolute atomic E-state index is 12.5. The summed E-state index contributed by atoms with van der Waals surface area (Å²) in [5.74, 6) is -4.50. The number of hydrogen-bond donors (Lipinski definition) is 1. The molecule has 0 bridgehead atoms. The maximum atomic E-state index is 12.5. The molecule has 0 saturated carbocycles. The van der Waals surface area contributed by atoms with Crippen molar-refractivity contribution in [3.05, 3.63) is 69.7 Å². The Labute approximate surface area is 211 Å². The molecule has 0 aromatic heterocycles. The summed E-state index contributed by atoms with van der Waals surface area (Å²) >= 11 is 11.9. The van der Waals surface area contributed by atoms with Gasteiger partial charge in [-0.3, -0.25) is 28.8 Å². The Bertz CT molecular complexity index is 1190. The molecular weight excluding hydrogens is 495 g/mol. The van der Waals surface area contributed by atoms with Gasteiger partial charge in [0.15, 0.2) is 11.6 Å². The summed E-state index contributed by atoms with van der Waals surface area (Å²) in [6.45, 7) is 0.338. The van der Waals surface area contributed by atoms with Gasteiger partial charge in [0.2, 0.25) is 11.6 Å². The van der Waals surface area contributed by atoms with Crippen LogP contribution >= 0.6 is 23.2 Å². The number of amides is 2. The number of Topliss-reactive ketones (excluding diaryl/α,β-unsaturated/α-hetero) is 4. The van der Waals surface area contributed by atoms with Crippen molar-refractivity contribution in [1.82, 2.24) is 10.2 Å². The van der Waals surface area contributed by atoms with Crippen molar-refractivity contribution < 1.29 is 28.8 Å². The fraction of sp³-hybridized carbons (Fsp3) is 0.280. The third kappa shape index (κ3) is 6.83. The molecule has 2 amide bonds. The van der Waals surface area contributed by atoms with Crippen LogP contribution in [0.4, 0.5) is 0 Å². The Kier molecular flexibility index (Phi) is 8.89. The molecule has 182 valence electrons. The van der Waals surface area contributed by atoms with Crippen LogP contribution in [0.1, 0.15) is 46.4 Å². The summed E-state index contributed by atoms with van der Waals surface area (Å²) in [7, 11) is 0. The van der Waals surface area contributed by atoms with Crippen molar-refractivity contribution in [2.45, 2.75) is 31.7 Å². The number of halogens is 2. The van der Waals surface area contributed by atoms with Crippen molar-refractivity contribution in [1.29, 1.82) is 0 Å². The van der Waals surface area contributed by atoms with E-state index >= 15 is 0 Å². The first-order valence-electron chi connectivity index (χ1n) is 10.9. The Morgan fingerprint density at radius 3 is 1.69 bits per heavy atom. The molecule has 1 fully saturated rings. The topological polar surface area (TPSA) is 118 Å². The molecule has 0 spiro atoms. The zero-order valence-corrected chi connectivity index (χ0v) is 20.1. The maximum Gasteiger partial charge on any atom is 0.290 e. The minimum absolute atomic E-state index is 0.167. The molecule has 0 aliphatic carbocycles. The van der Waals surface area contributed by atoms with Crippen LogP contribution in [0, 0.1) is 0 Å². The van der Waals surface area contributed by atoms with Gasteiger partial charge in [0, 0.05) is 30.3 Å². The Morgan fingerprint density at radius 1 is 0.743 bits per heavy atom. The number of carbonyl (C=O) groups is 6. The molecule has 2 aromatic rings. The fourth-order valence-electron chi connectivity index (χ4n) is 3.68. The second-order valence-corrected chi connectivity index (χ2v) is 8.86. The Morgan fingerprint density at radius 2 is 1.20 bits per heavy atom. The lowest BCUT2D eigenvalue weighted by Gasteiger charge is -2.31. The van der Waals surface area contributed by atoms with E-state index in [4.69, 9.17) is 23.2 Å². The number of piperidine rings is 1. The van der Waals surface area contributed by atoms with Crippen LogP contribution in [0.3, 0.4) is 0 Å². The molecule has 8 nitrogen and oxygen atoms in total. The number of nitrogens with one attached hydrogen (secondary N) is 1. The third-order valence-corrected chi connectivity index (χ3v) is 6.26. The lowest BCUT2D eigenvalue weighted by atomic mass is 10.0. The van der Waals surface area contributed by atoms with E-state index in [9.17, 15) is 28.8 Å². The van der Waals surface area contributed by atoms with Gasteiger partial charge in [-0.2, -0.15) is 0 Å². The summed E-state index contributed by atoms with van der Waals surface area (Å²) in [6.07, 6.45) is -0.571. The number of carbonyl (C=O) groups excluding carboxylic acids is 6. The van der Waals surface area contributed by atoms with Gasteiger partial charge in [-0.15, -0.1) is 0 Å². The number of likely N-dealkylation sites (tertiary alicyclic amines) is 1. The molecule has 3 rings (SSSR count). The quantitative estimate of drug-likeness (QED) is 0.310. The van der Waals surface area contributed by atoms with Crippen molar-refractivity contribution in [3.63, 3.8) is 0 Å². The minimum atomic E-state index is -0.892. The van der Waals surface area contributed by atoms with Gasteiger partial charge in [-0.25, -0.2) is 0 Å². The van der Waals surface area contributed by atoms with Crippen LogP contribution < -0.4 is 5.32 Å². The third-order valence-electron chi connectivity index (χ3n) is 5.60. The summed E-state index contributed by atoms with van der Waals surface area (Å²) in [6, 6.07) is 12.1. The fourth-order valence-corrected chi connectivity index (χ4v) is 4.16. The predicted octanol–water partition coefficient (Wildman–Crippen LogP) is 3.08. The Balaban J connectivity index is 1.45. The SMILES string of the molecule is O=C(CC(=O)c1ccccc1Cl)C(=O)NC1CCN(C(=O)C(=O)CC(=O)c2ccccc2Cl)CC1. The molecule has 1 aliphatic heterocycles. The zero-order chi connectivity index (χ0) is 25.5. The van der Waals surface area contributed by atoms with Crippen molar-refractivity contribution in [2.75, 3.05) is 13.1 Å². The number of ketones is 4. The summed E-state index contributed by atoms with van der Waals surface area (Å²) in [5.41, 5.74) is 0.342. The van der Waals surface area contributed by atoms with E-state index in [0.29, 0.717) is 12.8 Å². The summed E-state index contributed by atoms with van der Waals surface area (Å²) < 4.78 is 0. The highest BCUT2D eigenvalue weighted by molar-refractivity contribution is 6.42. The van der Waals surface area contributed by atoms with Gasteiger partial charge in [0.05, 0.1) is 22.9 Å². The van der Waals surface area contributed by atoms with E-state index in [1.54, 1.807) is 24.3 Å². The van der Waals surface area contributed by atoms with E-state index in [1.165, 1.54) is 29.2 Å². The van der Waals surface area contributed by atoms with Crippen LogP contribution in [0.15, 0.2) is 48.5 Å². The smallest absolute Gasteiger partial charge is 0.290 e. The van der Waals surface area contributed by atoms with E-state index in [1.807, 2.05) is 0 Å². The molecule has 2 aromatic carbocycles. The van der Waals surface area contributed by atoms with Crippen molar-refractivity contribution in [2.24, 2.45) is 0 Å².